The normalized spacial score (nSPS) is 16.3. The third-order valence-corrected chi connectivity index (χ3v) is 4.40. The molecule has 0 bridgehead atoms. The lowest BCUT2D eigenvalue weighted by atomic mass is 9.88. The Labute approximate surface area is 126 Å². The molecule has 0 fully saturated rings. The van der Waals surface area contributed by atoms with E-state index in [0.717, 1.165) is 11.3 Å². The molecule has 0 amide bonds. The van der Waals surface area contributed by atoms with E-state index in [4.69, 9.17) is 4.74 Å². The van der Waals surface area contributed by atoms with Crippen LogP contribution in [0, 0.1) is 0 Å². The average Bonchev–Trinajstić information content (AvgIpc) is 2.94. The molecule has 1 N–H and O–H groups in total. The Balaban J connectivity index is 1.85. The van der Waals surface area contributed by atoms with Crippen LogP contribution in [0.4, 0.5) is 0 Å². The second kappa shape index (κ2) is 5.53. The summed E-state index contributed by atoms with van der Waals surface area (Å²) in [5.41, 5.74) is 4.13. The second-order valence-corrected chi connectivity index (χ2v) is 6.14. The van der Waals surface area contributed by atoms with E-state index in [2.05, 4.69) is 18.2 Å². The molecule has 0 aromatic heterocycles. The molecule has 1 atom stereocenters. The molecular weight excluding hydrogens is 260 g/mol. The topological polar surface area (TPSA) is 29.5 Å². The van der Waals surface area contributed by atoms with Crippen LogP contribution < -0.4 is 4.74 Å². The van der Waals surface area contributed by atoms with Gasteiger partial charge in [-0.2, -0.15) is 0 Å². The number of hydrogen-bond donors (Lipinski definition) is 1. The van der Waals surface area contributed by atoms with Crippen molar-refractivity contribution < 1.29 is 9.84 Å². The number of methoxy groups -OCH3 is 1. The molecular formula is C19H22O2. The molecule has 1 aliphatic carbocycles. The Hall–Kier alpha value is -1.80. The summed E-state index contributed by atoms with van der Waals surface area (Å²) in [5, 5.41) is 10.9. The maximum atomic E-state index is 10.9. The molecule has 1 unspecified atom stereocenters. The summed E-state index contributed by atoms with van der Waals surface area (Å²) in [6, 6.07) is 14.3. The molecule has 2 aromatic carbocycles. The third kappa shape index (κ3) is 2.96. The van der Waals surface area contributed by atoms with E-state index in [9.17, 15) is 5.11 Å². The lowest BCUT2D eigenvalue weighted by Crippen LogP contribution is -2.24. The molecule has 2 aromatic rings. The first-order chi connectivity index (χ1) is 10.1. The molecule has 3 rings (SSSR count). The van der Waals surface area contributed by atoms with E-state index in [1.54, 1.807) is 7.11 Å². The van der Waals surface area contributed by atoms with Gasteiger partial charge in [0.25, 0.3) is 0 Å². The number of benzene rings is 2. The number of aryl methyl sites for hydroxylation is 2. The predicted molar refractivity (Wildman–Crippen MR) is 84.7 cm³/mol. The highest BCUT2D eigenvalue weighted by molar-refractivity contribution is 5.38. The van der Waals surface area contributed by atoms with Crippen molar-refractivity contribution in [1.29, 1.82) is 0 Å². The fraction of sp³-hybridized carbons (Fsp3) is 0.368. The van der Waals surface area contributed by atoms with Crippen LogP contribution in [0.2, 0.25) is 0 Å². The van der Waals surface area contributed by atoms with Crippen LogP contribution in [0.1, 0.15) is 35.6 Å². The lowest BCUT2D eigenvalue weighted by molar-refractivity contribution is 0.0574. The largest absolute Gasteiger partial charge is 0.497 e. The van der Waals surface area contributed by atoms with Crippen molar-refractivity contribution in [3.8, 4) is 5.75 Å². The van der Waals surface area contributed by atoms with Gasteiger partial charge in [0.2, 0.25) is 0 Å². The fourth-order valence-electron chi connectivity index (χ4n) is 3.19. The Kier molecular flexibility index (Phi) is 3.73. The van der Waals surface area contributed by atoms with E-state index >= 15 is 0 Å². The van der Waals surface area contributed by atoms with Crippen molar-refractivity contribution in [2.75, 3.05) is 7.11 Å². The summed E-state index contributed by atoms with van der Waals surface area (Å²) >= 11 is 0. The Morgan fingerprint density at radius 2 is 1.90 bits per heavy atom. The third-order valence-electron chi connectivity index (χ3n) is 4.40. The molecule has 0 saturated carbocycles. The zero-order valence-corrected chi connectivity index (χ0v) is 12.7. The van der Waals surface area contributed by atoms with Gasteiger partial charge in [-0.05, 0) is 60.6 Å². The Morgan fingerprint density at radius 3 is 2.71 bits per heavy atom. The lowest BCUT2D eigenvalue weighted by Gasteiger charge is -2.25. The molecule has 21 heavy (non-hydrogen) atoms. The molecule has 110 valence electrons. The summed E-state index contributed by atoms with van der Waals surface area (Å²) in [5.74, 6) is 0.779. The van der Waals surface area contributed by atoms with Gasteiger partial charge in [-0.15, -0.1) is 0 Å². The van der Waals surface area contributed by atoms with Gasteiger partial charge in [0.05, 0.1) is 12.7 Å². The summed E-state index contributed by atoms with van der Waals surface area (Å²) < 4.78 is 5.25. The summed E-state index contributed by atoms with van der Waals surface area (Å²) in [6.45, 7) is 1.87. The predicted octanol–water partition coefficient (Wildman–Crippen LogP) is 3.63. The van der Waals surface area contributed by atoms with Crippen molar-refractivity contribution in [2.45, 2.75) is 38.2 Å². The number of fused-ring (bicyclic) bond motifs is 1. The molecule has 0 radical (unpaired) electrons. The molecule has 2 nitrogen and oxygen atoms in total. The maximum absolute atomic E-state index is 10.9. The van der Waals surface area contributed by atoms with Crippen molar-refractivity contribution in [3.05, 3.63) is 64.7 Å². The molecule has 1 aliphatic rings. The first kappa shape index (κ1) is 14.2. The molecule has 0 saturated heterocycles. The van der Waals surface area contributed by atoms with Crippen LogP contribution in [0.5, 0.6) is 5.75 Å². The standard InChI is InChI=1S/C19H22O2/c1-19(20,17-7-4-8-18(12-17)21-2)13-14-9-10-15-5-3-6-16(15)11-14/h4,7-12,20H,3,5-6,13H2,1-2H3. The number of ether oxygens (including phenoxy) is 1. The van der Waals surface area contributed by atoms with Gasteiger partial charge < -0.3 is 9.84 Å². The van der Waals surface area contributed by atoms with Crippen molar-refractivity contribution >= 4 is 0 Å². The first-order valence-corrected chi connectivity index (χ1v) is 7.56. The van der Waals surface area contributed by atoms with E-state index < -0.39 is 5.60 Å². The average molecular weight is 282 g/mol. The van der Waals surface area contributed by atoms with E-state index in [0.29, 0.717) is 6.42 Å². The zero-order chi connectivity index (χ0) is 14.9. The van der Waals surface area contributed by atoms with Gasteiger partial charge in [0.15, 0.2) is 0 Å². The smallest absolute Gasteiger partial charge is 0.119 e. The minimum atomic E-state index is -0.888. The van der Waals surface area contributed by atoms with Gasteiger partial charge in [-0.25, -0.2) is 0 Å². The summed E-state index contributed by atoms with van der Waals surface area (Å²) in [7, 11) is 1.65. The monoisotopic (exact) mass is 282 g/mol. The highest BCUT2D eigenvalue weighted by atomic mass is 16.5. The van der Waals surface area contributed by atoms with Crippen molar-refractivity contribution in [1.82, 2.24) is 0 Å². The highest BCUT2D eigenvalue weighted by Crippen LogP contribution is 2.30. The van der Waals surface area contributed by atoms with Crippen molar-refractivity contribution in [3.63, 3.8) is 0 Å². The van der Waals surface area contributed by atoms with Gasteiger partial charge in [-0.3, -0.25) is 0 Å². The summed E-state index contributed by atoms with van der Waals surface area (Å²) in [6.07, 6.45) is 4.24. The van der Waals surface area contributed by atoms with Gasteiger partial charge in [0, 0.05) is 6.42 Å². The zero-order valence-electron chi connectivity index (χ0n) is 12.7. The minimum Gasteiger partial charge on any atom is -0.497 e. The van der Waals surface area contributed by atoms with E-state index in [1.165, 1.54) is 36.0 Å². The van der Waals surface area contributed by atoms with Gasteiger partial charge >= 0.3 is 0 Å². The highest BCUT2D eigenvalue weighted by Gasteiger charge is 2.24. The number of aliphatic hydroxyl groups is 1. The molecule has 0 aliphatic heterocycles. The van der Waals surface area contributed by atoms with E-state index in [1.807, 2.05) is 31.2 Å². The van der Waals surface area contributed by atoms with Gasteiger partial charge in [0.1, 0.15) is 5.75 Å². The van der Waals surface area contributed by atoms with Crippen molar-refractivity contribution in [2.24, 2.45) is 0 Å². The minimum absolute atomic E-state index is 0.618. The Morgan fingerprint density at radius 1 is 1.10 bits per heavy atom. The quantitative estimate of drug-likeness (QED) is 0.928. The molecule has 2 heteroatoms. The molecule has 0 spiro atoms. The van der Waals surface area contributed by atoms with Crippen LogP contribution in [0.15, 0.2) is 42.5 Å². The molecule has 0 heterocycles. The SMILES string of the molecule is COc1cccc(C(C)(O)Cc2ccc3c(c2)CCC3)c1. The Bertz CT molecular complexity index is 644. The number of hydrogen-bond acceptors (Lipinski definition) is 2. The van der Waals surface area contributed by atoms with E-state index in [-0.39, 0.29) is 0 Å². The van der Waals surface area contributed by atoms with Crippen LogP contribution >= 0.6 is 0 Å². The van der Waals surface area contributed by atoms with Crippen LogP contribution in [-0.4, -0.2) is 12.2 Å². The van der Waals surface area contributed by atoms with Crippen LogP contribution in [0.3, 0.4) is 0 Å². The van der Waals surface area contributed by atoms with Crippen LogP contribution in [-0.2, 0) is 24.9 Å². The van der Waals surface area contributed by atoms with Gasteiger partial charge in [-0.1, -0.05) is 30.3 Å². The summed E-state index contributed by atoms with van der Waals surface area (Å²) in [4.78, 5) is 0. The maximum Gasteiger partial charge on any atom is 0.119 e. The first-order valence-electron chi connectivity index (χ1n) is 7.56. The number of rotatable bonds is 4. The fourth-order valence-corrected chi connectivity index (χ4v) is 3.19. The second-order valence-electron chi connectivity index (χ2n) is 6.14. The van der Waals surface area contributed by atoms with Crippen LogP contribution in [0.25, 0.3) is 0 Å².